The molecule has 1 N–H and O–H groups in total. The van der Waals surface area contributed by atoms with Crippen molar-refractivity contribution in [3.63, 3.8) is 0 Å². The summed E-state index contributed by atoms with van der Waals surface area (Å²) in [4.78, 5) is 11.4. The molecule has 38 heavy (non-hydrogen) atoms. The van der Waals surface area contributed by atoms with Crippen molar-refractivity contribution in [3.05, 3.63) is 0 Å². The number of amides is 1. The van der Waals surface area contributed by atoms with Gasteiger partial charge in [0.1, 0.15) is 0 Å². The molecule has 0 fully saturated rings. The third-order valence-electron chi connectivity index (χ3n) is 4.04. The normalized spacial score (nSPS) is 15.3. The van der Waals surface area contributed by atoms with Crippen LogP contribution < -0.4 is 4.72 Å². The molecule has 4 nitrogen and oxygen atoms in total. The number of alkyl halides is 17. The highest BCUT2D eigenvalue weighted by Crippen LogP contribution is 2.59. The van der Waals surface area contributed by atoms with Crippen molar-refractivity contribution in [2.45, 2.75) is 86.6 Å². The van der Waals surface area contributed by atoms with E-state index in [1.807, 2.05) is 0 Å². The summed E-state index contributed by atoms with van der Waals surface area (Å²) in [5.74, 6) is -33.3. The van der Waals surface area contributed by atoms with Gasteiger partial charge in [-0.2, -0.15) is 74.6 Å². The Balaban J connectivity index is 5.71. The molecule has 0 radical (unpaired) electrons. The molecule has 228 valence electrons. The Hall–Kier alpha value is -1.45. The van der Waals surface area contributed by atoms with E-state index in [1.165, 1.54) is 4.74 Å². The second-order valence-electron chi connectivity index (χ2n) is 7.45. The van der Waals surface area contributed by atoms with Crippen LogP contribution in [0.25, 0.3) is 0 Å². The zero-order chi connectivity index (χ0) is 30.8. The summed E-state index contributed by atoms with van der Waals surface area (Å²) in [7, 11) is 0. The van der Waals surface area contributed by atoms with Gasteiger partial charge in [0.2, 0.25) is 5.91 Å². The predicted octanol–water partition coefficient (Wildman–Crippen LogP) is 7.24. The number of carbonyl (C=O) groups is 1. The maximum Gasteiger partial charge on any atom is 0.460 e. The van der Waals surface area contributed by atoms with Crippen LogP contribution in [0.2, 0.25) is 0 Å². The monoisotopic (exact) mass is 625 g/mol. The van der Waals surface area contributed by atoms with E-state index in [0.717, 1.165) is 4.72 Å². The number of unbranched alkanes of at least 4 members (excludes halogenated alkanes) is 1. The average Bonchev–Trinajstić information content (AvgIpc) is 2.69. The second kappa shape index (κ2) is 11.6. The molecule has 22 heteroatoms. The van der Waals surface area contributed by atoms with Crippen LogP contribution in [0.3, 0.4) is 0 Å². The SMILES string of the molecule is CC(C)OCCCCC(=O)NSC(F)(F)C(F)(F)C(F)(F)C(F)(F)OC(F)(F)C(F)(F)C(F)(F)C(F)(F)F. The van der Waals surface area contributed by atoms with Gasteiger partial charge in [-0.15, -0.1) is 0 Å². The lowest BCUT2D eigenvalue weighted by atomic mass is 10.1. The van der Waals surface area contributed by atoms with Crippen molar-refractivity contribution in [1.29, 1.82) is 0 Å². The first-order chi connectivity index (χ1) is 16.5. The Morgan fingerprint density at radius 2 is 1.11 bits per heavy atom. The maximum absolute atomic E-state index is 13.6. The summed E-state index contributed by atoms with van der Waals surface area (Å²) in [5, 5.41) is -6.56. The topological polar surface area (TPSA) is 47.6 Å². The molecular weight excluding hydrogens is 609 g/mol. The van der Waals surface area contributed by atoms with Gasteiger partial charge in [-0.3, -0.25) is 9.52 Å². The first kappa shape index (κ1) is 36.5. The van der Waals surface area contributed by atoms with Crippen LogP contribution in [0, 0.1) is 0 Å². The van der Waals surface area contributed by atoms with E-state index in [0.29, 0.717) is 0 Å². The van der Waals surface area contributed by atoms with Gasteiger partial charge in [-0.25, -0.2) is 4.74 Å². The second-order valence-corrected chi connectivity index (χ2v) is 8.37. The predicted molar refractivity (Wildman–Crippen MR) is 92.4 cm³/mol. The molecule has 0 aliphatic carbocycles. The lowest BCUT2D eigenvalue weighted by molar-refractivity contribution is -0.516. The lowest BCUT2D eigenvalue weighted by Gasteiger charge is -2.39. The highest BCUT2D eigenvalue weighted by molar-refractivity contribution is 7.99. The molecule has 0 aliphatic rings. The highest BCUT2D eigenvalue weighted by atomic mass is 32.2. The molecule has 0 aliphatic heterocycles. The van der Waals surface area contributed by atoms with E-state index in [2.05, 4.69) is 0 Å². The molecule has 0 spiro atoms. The van der Waals surface area contributed by atoms with Crippen LogP contribution in [0.5, 0.6) is 0 Å². The Morgan fingerprint density at radius 3 is 1.50 bits per heavy atom. The smallest absolute Gasteiger partial charge is 0.379 e. The third-order valence-corrected chi connectivity index (χ3v) is 4.88. The maximum atomic E-state index is 13.6. The summed E-state index contributed by atoms with van der Waals surface area (Å²) in [6.07, 6.45) is -24.6. The molecule has 1 amide bonds. The van der Waals surface area contributed by atoms with Crippen molar-refractivity contribution in [1.82, 2.24) is 4.72 Å². The van der Waals surface area contributed by atoms with Crippen LogP contribution in [0.15, 0.2) is 0 Å². The Labute approximate surface area is 205 Å². The van der Waals surface area contributed by atoms with Gasteiger partial charge >= 0.3 is 47.3 Å². The van der Waals surface area contributed by atoms with Gasteiger partial charge < -0.3 is 4.74 Å². The van der Waals surface area contributed by atoms with Gasteiger partial charge in [-0.1, -0.05) is 0 Å². The minimum Gasteiger partial charge on any atom is -0.379 e. The first-order valence-electron chi connectivity index (χ1n) is 9.52. The number of carbonyl (C=O) groups excluding carboxylic acids is 1. The van der Waals surface area contributed by atoms with Crippen LogP contribution >= 0.6 is 11.9 Å². The fourth-order valence-electron chi connectivity index (χ4n) is 1.96. The van der Waals surface area contributed by atoms with E-state index < -0.39 is 71.6 Å². The molecule has 0 saturated heterocycles. The van der Waals surface area contributed by atoms with Gasteiger partial charge in [0.25, 0.3) is 0 Å². The van der Waals surface area contributed by atoms with Crippen LogP contribution in [0.1, 0.15) is 33.1 Å². The first-order valence-corrected chi connectivity index (χ1v) is 10.3. The standard InChI is InChI=1S/C16H16F17NO3S/c1-7(2)36-6-4-3-5-8(35)34-38-16(32,33)12(23,24)11(21,22)15(30,31)37-14(28,29)10(19,20)9(17,18)13(25,26)27/h7H,3-6H2,1-2H3,(H,34,35). The number of nitrogens with one attached hydrogen (secondary N) is 1. The van der Waals surface area contributed by atoms with Gasteiger partial charge in [0.05, 0.1) is 6.10 Å². The fourth-order valence-corrected chi connectivity index (χ4v) is 2.56. The zero-order valence-corrected chi connectivity index (χ0v) is 19.3. The molecule has 0 saturated carbocycles. The van der Waals surface area contributed by atoms with Crippen molar-refractivity contribution < 1.29 is 88.9 Å². The summed E-state index contributed by atoms with van der Waals surface area (Å²) in [6, 6.07) is 0. The summed E-state index contributed by atoms with van der Waals surface area (Å²) < 4.78 is 229. The number of halogens is 17. The quantitative estimate of drug-likeness (QED) is 0.118. The van der Waals surface area contributed by atoms with Crippen LogP contribution in [-0.4, -0.2) is 66.0 Å². The zero-order valence-electron chi connectivity index (χ0n) is 18.5. The van der Waals surface area contributed by atoms with Gasteiger partial charge in [0.15, 0.2) is 0 Å². The molecule has 0 rings (SSSR count). The van der Waals surface area contributed by atoms with Crippen molar-refractivity contribution in [2.75, 3.05) is 6.61 Å². The molecule has 0 aromatic heterocycles. The number of rotatable bonds is 15. The van der Waals surface area contributed by atoms with E-state index in [1.54, 1.807) is 13.8 Å². The van der Waals surface area contributed by atoms with Gasteiger partial charge in [0, 0.05) is 25.0 Å². The molecule has 0 aromatic rings. The molecular formula is C16H16F17NO3S. The third kappa shape index (κ3) is 7.39. The lowest BCUT2D eigenvalue weighted by Crippen LogP contribution is -2.67. The molecule has 0 atom stereocenters. The van der Waals surface area contributed by atoms with Crippen molar-refractivity contribution >= 4 is 17.9 Å². The van der Waals surface area contributed by atoms with Crippen LogP contribution in [0.4, 0.5) is 74.6 Å². The largest absolute Gasteiger partial charge is 0.460 e. The summed E-state index contributed by atoms with van der Waals surface area (Å²) in [5.41, 5.74) is 0. The molecule has 0 bridgehead atoms. The van der Waals surface area contributed by atoms with Crippen molar-refractivity contribution in [2.24, 2.45) is 0 Å². The Morgan fingerprint density at radius 1 is 0.684 bits per heavy atom. The van der Waals surface area contributed by atoms with Crippen LogP contribution in [-0.2, 0) is 14.3 Å². The minimum atomic E-state index is -8.14. The Bertz CT molecular complexity index is 801. The average molecular weight is 625 g/mol. The van der Waals surface area contributed by atoms with E-state index in [4.69, 9.17) is 4.74 Å². The fraction of sp³-hybridized carbons (Fsp3) is 0.938. The van der Waals surface area contributed by atoms with Gasteiger partial charge in [-0.05, 0) is 26.7 Å². The summed E-state index contributed by atoms with van der Waals surface area (Å²) >= 11 is -1.95. The number of hydrogen-bond acceptors (Lipinski definition) is 4. The van der Waals surface area contributed by atoms with E-state index >= 15 is 0 Å². The minimum absolute atomic E-state index is 0.0339. The number of ether oxygens (including phenoxy) is 2. The Kier molecular flexibility index (Phi) is 11.1. The highest BCUT2D eigenvalue weighted by Gasteiger charge is 2.88. The molecule has 0 unspecified atom stereocenters. The van der Waals surface area contributed by atoms with E-state index in [9.17, 15) is 79.4 Å². The molecule has 0 heterocycles. The van der Waals surface area contributed by atoms with E-state index in [-0.39, 0.29) is 25.6 Å². The summed E-state index contributed by atoms with van der Waals surface area (Å²) in [6.45, 7) is 3.26. The van der Waals surface area contributed by atoms with Crippen molar-refractivity contribution in [3.8, 4) is 0 Å². The number of hydrogen-bond donors (Lipinski definition) is 1. The molecule has 0 aromatic carbocycles.